The third-order valence-corrected chi connectivity index (χ3v) is 5.58. The zero-order valence-corrected chi connectivity index (χ0v) is 20.2. The van der Waals surface area contributed by atoms with Gasteiger partial charge in [-0.25, -0.2) is 9.97 Å². The third kappa shape index (κ3) is 7.33. The van der Waals surface area contributed by atoms with Crippen LogP contribution in [-0.2, 0) is 4.79 Å². The van der Waals surface area contributed by atoms with Gasteiger partial charge in [0, 0.05) is 49.7 Å². The van der Waals surface area contributed by atoms with E-state index in [1.807, 2.05) is 11.9 Å². The van der Waals surface area contributed by atoms with Gasteiger partial charge in [-0.3, -0.25) is 14.5 Å². The first-order valence-corrected chi connectivity index (χ1v) is 11.4. The van der Waals surface area contributed by atoms with E-state index < -0.39 is 23.9 Å². The van der Waals surface area contributed by atoms with Gasteiger partial charge in [-0.2, -0.15) is 0 Å². The number of carbonyl (C=O) groups is 2. The molecule has 1 fully saturated rings. The van der Waals surface area contributed by atoms with Crippen LogP contribution in [0, 0.1) is 0 Å². The number of halogens is 3. The molecule has 200 valence electrons. The molecule has 4 rings (SSSR count). The van der Waals surface area contributed by atoms with Crippen molar-refractivity contribution in [3.63, 3.8) is 0 Å². The molecule has 0 spiro atoms. The van der Waals surface area contributed by atoms with Crippen molar-refractivity contribution < 1.29 is 27.5 Å². The maximum absolute atomic E-state index is 12.9. The number of anilines is 3. The minimum absolute atomic E-state index is 0.0172. The van der Waals surface area contributed by atoms with Crippen molar-refractivity contribution >= 4 is 29.3 Å². The van der Waals surface area contributed by atoms with Crippen molar-refractivity contribution in [3.8, 4) is 17.0 Å². The van der Waals surface area contributed by atoms with Crippen molar-refractivity contribution in [2.24, 2.45) is 0 Å². The third-order valence-electron chi connectivity index (χ3n) is 5.58. The minimum Gasteiger partial charge on any atom is -0.404 e. The molecular formula is C23H24F3N9O3. The molecule has 1 aliphatic rings. The maximum Gasteiger partial charge on any atom is 0.573 e. The number of aromatic nitrogens is 4. The molecular weight excluding hydrogens is 507 g/mol. The highest BCUT2D eigenvalue weighted by Gasteiger charge is 2.32. The quantitative estimate of drug-likeness (QED) is 0.412. The average molecular weight is 531 g/mol. The molecule has 0 bridgehead atoms. The topological polar surface area (TPSA) is 151 Å². The Kier molecular flexibility index (Phi) is 7.97. The minimum atomic E-state index is -4.99. The Morgan fingerprint density at radius 3 is 2.37 bits per heavy atom. The van der Waals surface area contributed by atoms with Crippen molar-refractivity contribution in [2.45, 2.75) is 6.36 Å². The molecule has 0 saturated carbocycles. The van der Waals surface area contributed by atoms with E-state index in [-0.39, 0.29) is 29.6 Å². The Balaban J connectivity index is 1.47. The van der Waals surface area contributed by atoms with Crippen LogP contribution >= 0.6 is 0 Å². The number of nitrogens with one attached hydrogen (secondary N) is 2. The summed E-state index contributed by atoms with van der Waals surface area (Å²) < 4.78 is 42.8. The van der Waals surface area contributed by atoms with Crippen LogP contribution < -0.4 is 21.1 Å². The summed E-state index contributed by atoms with van der Waals surface area (Å²) in [6.07, 6.45) is -2.06. The first-order chi connectivity index (χ1) is 18.1. The molecule has 15 heteroatoms. The highest BCUT2D eigenvalue weighted by Crippen LogP contribution is 2.31. The summed E-state index contributed by atoms with van der Waals surface area (Å²) in [4.78, 5) is 37.1. The number of rotatable bonds is 7. The summed E-state index contributed by atoms with van der Waals surface area (Å²) in [5.41, 5.74) is 6.13. The number of likely N-dealkylation sites (N-methyl/N-ethyl adjacent to an activating group) is 1. The lowest BCUT2D eigenvalue weighted by atomic mass is 10.1. The van der Waals surface area contributed by atoms with E-state index in [9.17, 15) is 22.8 Å². The van der Waals surface area contributed by atoms with Gasteiger partial charge >= 0.3 is 6.36 Å². The molecule has 3 heterocycles. The fraction of sp³-hybridized carbons (Fsp3) is 0.304. The lowest BCUT2D eigenvalue weighted by molar-refractivity contribution is -0.274. The number of benzene rings is 1. The lowest BCUT2D eigenvalue weighted by Crippen LogP contribution is -2.47. The maximum atomic E-state index is 12.9. The lowest BCUT2D eigenvalue weighted by Gasteiger charge is -2.31. The largest absolute Gasteiger partial charge is 0.573 e. The Morgan fingerprint density at radius 1 is 1.03 bits per heavy atom. The Morgan fingerprint density at radius 2 is 1.74 bits per heavy atom. The molecule has 1 saturated heterocycles. The molecule has 0 unspecified atom stereocenters. The van der Waals surface area contributed by atoms with Crippen LogP contribution in [-0.4, -0.2) is 87.9 Å². The fourth-order valence-electron chi connectivity index (χ4n) is 3.59. The summed E-state index contributed by atoms with van der Waals surface area (Å²) in [7, 11) is 1.96. The van der Waals surface area contributed by atoms with Crippen LogP contribution in [0.4, 0.5) is 30.6 Å². The van der Waals surface area contributed by atoms with Gasteiger partial charge in [0.2, 0.25) is 11.9 Å². The van der Waals surface area contributed by atoms with Crippen LogP contribution in [0.2, 0.25) is 0 Å². The number of amides is 2. The van der Waals surface area contributed by atoms with E-state index >= 15 is 0 Å². The summed E-state index contributed by atoms with van der Waals surface area (Å²) in [5, 5.41) is 12.9. The van der Waals surface area contributed by atoms with Crippen molar-refractivity contribution in [2.75, 3.05) is 56.1 Å². The first kappa shape index (κ1) is 26.7. The molecule has 2 amide bonds. The van der Waals surface area contributed by atoms with Gasteiger partial charge in [0.15, 0.2) is 11.6 Å². The SMILES string of the molecule is CN1CCN(CC(=O)Nc2cc(C(=O)Nc3ccc(-c4cnc(N)nc4)nn3)ccc2OC(F)(F)F)CC1. The number of alkyl halides is 3. The van der Waals surface area contributed by atoms with Gasteiger partial charge in [-0.1, -0.05) is 0 Å². The molecule has 12 nitrogen and oxygen atoms in total. The van der Waals surface area contributed by atoms with Gasteiger partial charge in [-0.05, 0) is 37.4 Å². The molecule has 4 N–H and O–H groups in total. The molecule has 0 aliphatic carbocycles. The van der Waals surface area contributed by atoms with Gasteiger partial charge < -0.3 is 26.0 Å². The van der Waals surface area contributed by atoms with Crippen molar-refractivity contribution in [3.05, 3.63) is 48.3 Å². The number of piperazine rings is 1. The van der Waals surface area contributed by atoms with Crippen LogP contribution in [0.1, 0.15) is 10.4 Å². The van der Waals surface area contributed by atoms with Crippen LogP contribution in [0.15, 0.2) is 42.7 Å². The highest BCUT2D eigenvalue weighted by atomic mass is 19.4. The van der Waals surface area contributed by atoms with E-state index in [1.165, 1.54) is 18.5 Å². The molecule has 3 aromatic rings. The smallest absolute Gasteiger partial charge is 0.404 e. The zero-order valence-electron chi connectivity index (χ0n) is 20.2. The van der Waals surface area contributed by atoms with Crippen molar-refractivity contribution in [1.82, 2.24) is 30.0 Å². The molecule has 0 radical (unpaired) electrons. The second-order valence-corrected chi connectivity index (χ2v) is 8.47. The molecule has 2 aromatic heterocycles. The van der Waals surface area contributed by atoms with Gasteiger partial charge in [-0.15, -0.1) is 23.4 Å². The second-order valence-electron chi connectivity index (χ2n) is 8.47. The Labute approximate surface area is 215 Å². The first-order valence-electron chi connectivity index (χ1n) is 11.4. The molecule has 38 heavy (non-hydrogen) atoms. The van der Waals surface area contributed by atoms with Gasteiger partial charge in [0.1, 0.15) is 0 Å². The van der Waals surface area contributed by atoms with Crippen LogP contribution in [0.3, 0.4) is 0 Å². The second kappa shape index (κ2) is 11.4. The monoisotopic (exact) mass is 531 g/mol. The van der Waals surface area contributed by atoms with Crippen LogP contribution in [0.25, 0.3) is 11.3 Å². The van der Waals surface area contributed by atoms with Crippen molar-refractivity contribution in [1.29, 1.82) is 0 Å². The normalized spacial score (nSPS) is 14.6. The Bertz CT molecular complexity index is 1280. The fourth-order valence-corrected chi connectivity index (χ4v) is 3.59. The summed E-state index contributed by atoms with van der Waals surface area (Å²) in [6.45, 7) is 2.80. The molecule has 1 aromatic carbocycles. The standard InChI is InChI=1S/C23H24F3N9O3/c1-34-6-8-35(9-7-34)13-20(36)30-17-10-14(2-4-18(17)38-23(24,25)26)21(37)31-19-5-3-16(32-33-19)15-11-28-22(27)29-12-15/h2-5,10-12H,6-9,13H2,1H3,(H,30,36)(H2,27,28,29)(H,31,33,37). The van der Waals surface area contributed by atoms with Gasteiger partial charge in [0.05, 0.1) is 17.9 Å². The van der Waals surface area contributed by atoms with Gasteiger partial charge in [0.25, 0.3) is 5.91 Å². The van der Waals surface area contributed by atoms with Crippen LogP contribution in [0.5, 0.6) is 5.75 Å². The number of nitrogen functional groups attached to an aromatic ring is 1. The number of hydrogen-bond acceptors (Lipinski definition) is 10. The average Bonchev–Trinajstić information content (AvgIpc) is 2.86. The van der Waals surface area contributed by atoms with E-state index in [0.29, 0.717) is 24.3 Å². The zero-order chi connectivity index (χ0) is 27.3. The summed E-state index contributed by atoms with van der Waals surface area (Å²) >= 11 is 0. The Hall–Kier alpha value is -4.37. The molecule has 0 atom stereocenters. The summed E-state index contributed by atoms with van der Waals surface area (Å²) in [5.74, 6) is -1.67. The van der Waals surface area contributed by atoms with E-state index in [2.05, 4.69) is 40.4 Å². The number of nitrogens with two attached hydrogens (primary N) is 1. The predicted octanol–water partition coefficient (Wildman–Crippen LogP) is 1.85. The van der Waals surface area contributed by atoms with E-state index in [1.54, 1.807) is 6.07 Å². The number of ether oxygens (including phenoxy) is 1. The van der Waals surface area contributed by atoms with E-state index in [0.717, 1.165) is 31.3 Å². The van der Waals surface area contributed by atoms with E-state index in [4.69, 9.17) is 5.73 Å². The predicted molar refractivity (Wildman–Crippen MR) is 131 cm³/mol. The number of hydrogen-bond donors (Lipinski definition) is 3. The number of nitrogens with zero attached hydrogens (tertiary/aromatic N) is 6. The number of carbonyl (C=O) groups excluding carboxylic acids is 2. The highest BCUT2D eigenvalue weighted by molar-refractivity contribution is 6.05. The molecule has 1 aliphatic heterocycles. The summed E-state index contributed by atoms with van der Waals surface area (Å²) in [6, 6.07) is 6.26.